The first-order valence-electron chi connectivity index (χ1n) is 9.31. The number of nitrogens with two attached hydrogens (primary N) is 1. The van der Waals surface area contributed by atoms with Gasteiger partial charge in [0.2, 0.25) is 5.91 Å². The van der Waals surface area contributed by atoms with E-state index in [-0.39, 0.29) is 11.7 Å². The Bertz CT molecular complexity index is 1210. The molecule has 5 nitrogen and oxygen atoms in total. The number of nitrogen functional groups attached to an aromatic ring is 1. The van der Waals surface area contributed by atoms with Gasteiger partial charge < -0.3 is 5.73 Å². The minimum absolute atomic E-state index is 0.332. The summed E-state index contributed by atoms with van der Waals surface area (Å²) in [4.78, 5) is 30.9. The van der Waals surface area contributed by atoms with E-state index in [1.165, 1.54) is 19.1 Å². The van der Waals surface area contributed by atoms with Gasteiger partial charge in [0.1, 0.15) is 5.82 Å². The van der Waals surface area contributed by atoms with Crippen molar-refractivity contribution in [2.24, 2.45) is 4.99 Å². The van der Waals surface area contributed by atoms with Crippen molar-refractivity contribution in [1.82, 2.24) is 0 Å². The van der Waals surface area contributed by atoms with E-state index in [9.17, 15) is 14.0 Å². The van der Waals surface area contributed by atoms with E-state index in [2.05, 4.69) is 4.99 Å². The minimum Gasteiger partial charge on any atom is -0.397 e. The van der Waals surface area contributed by atoms with E-state index in [0.717, 1.165) is 4.90 Å². The Morgan fingerprint density at radius 2 is 1.67 bits per heavy atom. The number of nitrogens with zero attached hydrogens (tertiary/aromatic N) is 2. The summed E-state index contributed by atoms with van der Waals surface area (Å²) in [5.74, 6) is -1.18. The Morgan fingerprint density at radius 3 is 2.37 bits per heavy atom. The van der Waals surface area contributed by atoms with E-state index in [0.29, 0.717) is 39.5 Å². The van der Waals surface area contributed by atoms with Crippen LogP contribution in [0.5, 0.6) is 0 Å². The molecule has 2 amide bonds. The number of hydrogen-bond donors (Lipinski definition) is 1. The molecule has 0 atom stereocenters. The first-order chi connectivity index (χ1) is 14.5. The molecule has 0 saturated heterocycles. The van der Waals surface area contributed by atoms with Gasteiger partial charge in [-0.05, 0) is 48.5 Å². The molecule has 1 aliphatic rings. The molecule has 1 heterocycles. The van der Waals surface area contributed by atoms with Crippen LogP contribution in [-0.4, -0.2) is 17.5 Å². The molecule has 3 aromatic carbocycles. The zero-order chi connectivity index (χ0) is 21.3. The number of carbonyl (C=O) groups is 2. The molecule has 0 aliphatic carbocycles. The van der Waals surface area contributed by atoms with E-state index in [4.69, 9.17) is 5.73 Å². The topological polar surface area (TPSA) is 75.8 Å². The maximum absolute atomic E-state index is 13.5. The molecule has 1 aliphatic heterocycles. The molecule has 4 rings (SSSR count). The second-order valence-electron chi connectivity index (χ2n) is 6.80. The molecule has 3 aromatic rings. The number of aliphatic imine (C=N–C) groups is 1. The average Bonchev–Trinajstić information content (AvgIpc) is 3.01. The second kappa shape index (κ2) is 7.75. The molecule has 2 N–H and O–H groups in total. The van der Waals surface area contributed by atoms with Crippen molar-refractivity contribution in [1.29, 1.82) is 0 Å². The van der Waals surface area contributed by atoms with E-state index >= 15 is 0 Å². The van der Waals surface area contributed by atoms with E-state index in [1.807, 2.05) is 0 Å². The lowest BCUT2D eigenvalue weighted by atomic mass is 10.0. The van der Waals surface area contributed by atoms with Crippen LogP contribution in [0.15, 0.2) is 83.9 Å². The third-order valence-corrected chi connectivity index (χ3v) is 4.78. The quantitative estimate of drug-likeness (QED) is 0.400. The highest BCUT2D eigenvalue weighted by Gasteiger charge is 2.34. The monoisotopic (exact) mass is 399 g/mol. The van der Waals surface area contributed by atoms with Gasteiger partial charge in [0.15, 0.2) is 0 Å². The maximum atomic E-state index is 13.5. The van der Waals surface area contributed by atoms with Crippen LogP contribution in [0.3, 0.4) is 0 Å². The summed E-state index contributed by atoms with van der Waals surface area (Å²) in [7, 11) is 0. The van der Waals surface area contributed by atoms with Gasteiger partial charge in [-0.2, -0.15) is 0 Å². The second-order valence-corrected chi connectivity index (χ2v) is 6.80. The fourth-order valence-corrected chi connectivity index (χ4v) is 3.35. The first-order valence-corrected chi connectivity index (χ1v) is 9.31. The van der Waals surface area contributed by atoms with Crippen LogP contribution in [0, 0.1) is 5.82 Å². The lowest BCUT2D eigenvalue weighted by Gasteiger charge is -2.11. The predicted octanol–water partition coefficient (Wildman–Crippen LogP) is 4.51. The summed E-state index contributed by atoms with van der Waals surface area (Å²) in [5, 5.41) is 0. The van der Waals surface area contributed by atoms with Gasteiger partial charge in [-0.1, -0.05) is 30.3 Å². The highest BCUT2D eigenvalue weighted by molar-refractivity contribution is 6.42. The van der Waals surface area contributed by atoms with Crippen molar-refractivity contribution >= 4 is 40.2 Å². The number of carbonyl (C=O) groups excluding carboxylic acids is 2. The number of rotatable bonds is 3. The van der Waals surface area contributed by atoms with E-state index in [1.54, 1.807) is 66.7 Å². The molecular weight excluding hydrogens is 381 g/mol. The molecule has 6 heteroatoms. The molecular formula is C24H18FN3O2. The lowest BCUT2D eigenvalue weighted by molar-refractivity contribution is -0.122. The molecule has 0 saturated carbocycles. The third-order valence-electron chi connectivity index (χ3n) is 4.78. The molecule has 0 unspecified atom stereocenters. The van der Waals surface area contributed by atoms with Crippen LogP contribution < -0.4 is 10.6 Å². The summed E-state index contributed by atoms with van der Waals surface area (Å²) < 4.78 is 13.5. The number of fused-ring (bicyclic) bond motifs is 1. The number of para-hydroxylation sites is 3. The van der Waals surface area contributed by atoms with Crippen molar-refractivity contribution in [3.63, 3.8) is 0 Å². The van der Waals surface area contributed by atoms with Gasteiger partial charge in [-0.15, -0.1) is 0 Å². The Hall–Kier alpha value is -4.06. The van der Waals surface area contributed by atoms with Gasteiger partial charge >= 0.3 is 0 Å². The Labute approximate surface area is 173 Å². The Kier molecular flexibility index (Phi) is 4.98. The summed E-state index contributed by atoms with van der Waals surface area (Å²) in [6.45, 7) is 1.34. The standard InChI is InChI=1S/C24H18FN3O2/c1-15(29)28-23-9-5-2-6-18(23)19(24(28)30)14-22(16-10-12-17(25)13-11-16)27-21-8-4-3-7-20(21)26/h2-14H,26H2,1H3/b19-14+,27-22?. The zero-order valence-electron chi connectivity index (χ0n) is 16.2. The van der Waals surface area contributed by atoms with Gasteiger partial charge in [0, 0.05) is 18.1 Å². The summed E-state index contributed by atoms with van der Waals surface area (Å²) in [6, 6.07) is 20.0. The average molecular weight is 399 g/mol. The summed E-state index contributed by atoms with van der Waals surface area (Å²) in [6.07, 6.45) is 1.61. The molecule has 30 heavy (non-hydrogen) atoms. The molecule has 0 radical (unpaired) electrons. The maximum Gasteiger partial charge on any atom is 0.265 e. The largest absolute Gasteiger partial charge is 0.397 e. The third kappa shape index (κ3) is 3.51. The molecule has 0 aromatic heterocycles. The number of allylic oxidation sites excluding steroid dienone is 1. The van der Waals surface area contributed by atoms with Crippen molar-refractivity contribution in [2.75, 3.05) is 10.6 Å². The number of hydrogen-bond acceptors (Lipinski definition) is 4. The number of benzene rings is 3. The van der Waals surface area contributed by atoms with Crippen LogP contribution in [0.25, 0.3) is 5.57 Å². The van der Waals surface area contributed by atoms with Crippen molar-refractivity contribution in [3.05, 3.63) is 95.8 Å². The highest BCUT2D eigenvalue weighted by Crippen LogP contribution is 2.37. The van der Waals surface area contributed by atoms with Crippen LogP contribution in [0.4, 0.5) is 21.5 Å². The number of halogens is 1. The molecule has 0 spiro atoms. The van der Waals surface area contributed by atoms with Gasteiger partial charge in [-0.3, -0.25) is 9.59 Å². The number of imide groups is 1. The fourth-order valence-electron chi connectivity index (χ4n) is 3.35. The molecule has 148 valence electrons. The minimum atomic E-state index is -0.431. The smallest absolute Gasteiger partial charge is 0.265 e. The van der Waals surface area contributed by atoms with Gasteiger partial charge in [0.25, 0.3) is 5.91 Å². The highest BCUT2D eigenvalue weighted by atomic mass is 19.1. The number of amides is 2. The van der Waals surface area contributed by atoms with Crippen LogP contribution in [0.2, 0.25) is 0 Å². The zero-order valence-corrected chi connectivity index (χ0v) is 16.2. The lowest BCUT2D eigenvalue weighted by Crippen LogP contribution is -2.31. The summed E-state index contributed by atoms with van der Waals surface area (Å²) in [5.41, 5.74) is 9.56. The summed E-state index contributed by atoms with van der Waals surface area (Å²) >= 11 is 0. The Morgan fingerprint density at radius 1 is 1.00 bits per heavy atom. The SMILES string of the molecule is CC(=O)N1C(=O)/C(=C/C(=Nc2ccccc2N)c2ccc(F)cc2)c2ccccc21. The van der Waals surface area contributed by atoms with Crippen LogP contribution in [-0.2, 0) is 9.59 Å². The van der Waals surface area contributed by atoms with E-state index < -0.39 is 5.91 Å². The first kappa shape index (κ1) is 19.3. The van der Waals surface area contributed by atoms with Crippen molar-refractivity contribution in [3.8, 4) is 0 Å². The van der Waals surface area contributed by atoms with Crippen molar-refractivity contribution < 1.29 is 14.0 Å². The van der Waals surface area contributed by atoms with Gasteiger partial charge in [-0.25, -0.2) is 14.3 Å². The van der Waals surface area contributed by atoms with Crippen molar-refractivity contribution in [2.45, 2.75) is 6.92 Å². The van der Waals surface area contributed by atoms with Crippen LogP contribution in [0.1, 0.15) is 18.1 Å². The molecule has 0 bridgehead atoms. The van der Waals surface area contributed by atoms with Gasteiger partial charge in [0.05, 0.1) is 28.3 Å². The number of anilines is 2. The normalized spacial score (nSPS) is 14.9. The Balaban J connectivity index is 1.91. The molecule has 0 fully saturated rings. The fraction of sp³-hybridized carbons (Fsp3) is 0.0417. The van der Waals surface area contributed by atoms with Crippen LogP contribution >= 0.6 is 0 Å². The predicted molar refractivity (Wildman–Crippen MR) is 116 cm³/mol.